The van der Waals surface area contributed by atoms with Crippen molar-refractivity contribution in [2.45, 2.75) is 6.42 Å². The average Bonchev–Trinajstić information content (AvgIpc) is 2.67. The molecule has 1 saturated heterocycles. The highest BCUT2D eigenvalue weighted by Crippen LogP contribution is 2.11. The largest absolute Gasteiger partial charge is 0.383 e. The zero-order valence-electron chi connectivity index (χ0n) is 11.4. The predicted octanol–water partition coefficient (Wildman–Crippen LogP) is -0.549. The van der Waals surface area contributed by atoms with Crippen molar-refractivity contribution in [2.24, 2.45) is 4.99 Å². The Morgan fingerprint density at radius 2 is 2.05 bits per heavy atom. The van der Waals surface area contributed by atoms with Crippen LogP contribution in [0.2, 0.25) is 0 Å². The van der Waals surface area contributed by atoms with Gasteiger partial charge in [0.05, 0.1) is 12.4 Å². The fourth-order valence-corrected chi connectivity index (χ4v) is 3.26. The second-order valence-electron chi connectivity index (χ2n) is 3.99. The summed E-state index contributed by atoms with van der Waals surface area (Å²) in [5.74, 6) is 0.928. The topological polar surface area (TPSA) is 83.0 Å². The zero-order chi connectivity index (χ0) is 13.4. The third kappa shape index (κ3) is 6.72. The molecule has 0 aromatic carbocycles. The summed E-state index contributed by atoms with van der Waals surface area (Å²) in [5, 5.41) is 6.13. The maximum Gasteiger partial charge on any atom is 0.214 e. The summed E-state index contributed by atoms with van der Waals surface area (Å²) < 4.78 is 29.5. The summed E-state index contributed by atoms with van der Waals surface area (Å²) >= 11 is 0. The molecule has 0 aliphatic carbocycles. The molecule has 2 N–H and O–H groups in total. The highest BCUT2D eigenvalue weighted by molar-refractivity contribution is 14.0. The monoisotopic (exact) mass is 406 g/mol. The molecule has 0 atom stereocenters. The number of nitrogens with zero attached hydrogens (tertiary/aromatic N) is 2. The Bertz CT molecular complexity index is 375. The van der Waals surface area contributed by atoms with Crippen molar-refractivity contribution in [1.29, 1.82) is 0 Å². The number of aliphatic imine (C=N–C) groups is 1. The van der Waals surface area contributed by atoms with Crippen LogP contribution < -0.4 is 10.6 Å². The van der Waals surface area contributed by atoms with Gasteiger partial charge in [0.15, 0.2) is 5.96 Å². The molecule has 0 unspecified atom stereocenters. The molecule has 1 aliphatic heterocycles. The minimum absolute atomic E-state index is 0. The Labute approximate surface area is 132 Å². The Kier molecular flexibility index (Phi) is 9.66. The van der Waals surface area contributed by atoms with Crippen molar-refractivity contribution < 1.29 is 13.2 Å². The molecule has 19 heavy (non-hydrogen) atoms. The van der Waals surface area contributed by atoms with Crippen LogP contribution in [0, 0.1) is 0 Å². The Balaban J connectivity index is 0.00000324. The fourth-order valence-electron chi connectivity index (χ4n) is 1.73. The normalized spacial score (nSPS) is 18.9. The van der Waals surface area contributed by atoms with Gasteiger partial charge in [0.1, 0.15) is 0 Å². The van der Waals surface area contributed by atoms with E-state index in [0.717, 1.165) is 6.42 Å². The van der Waals surface area contributed by atoms with Crippen molar-refractivity contribution in [1.82, 2.24) is 14.9 Å². The summed E-state index contributed by atoms with van der Waals surface area (Å²) in [4.78, 5) is 4.03. The number of hydrogen-bond acceptors (Lipinski definition) is 4. The number of sulfonamides is 1. The van der Waals surface area contributed by atoms with Gasteiger partial charge in [0, 0.05) is 40.3 Å². The van der Waals surface area contributed by atoms with Crippen molar-refractivity contribution in [2.75, 3.05) is 52.7 Å². The molecule has 0 amide bonds. The zero-order valence-corrected chi connectivity index (χ0v) is 14.5. The van der Waals surface area contributed by atoms with Crippen LogP contribution in [0.5, 0.6) is 0 Å². The predicted molar refractivity (Wildman–Crippen MR) is 86.6 cm³/mol. The van der Waals surface area contributed by atoms with Crippen molar-refractivity contribution >= 4 is 40.0 Å². The lowest BCUT2D eigenvalue weighted by Crippen LogP contribution is -2.42. The molecular weight excluding hydrogens is 383 g/mol. The fraction of sp³-hybridized carbons (Fsp3) is 0.900. The smallest absolute Gasteiger partial charge is 0.214 e. The Morgan fingerprint density at radius 3 is 2.58 bits per heavy atom. The molecular formula is C10H23IN4O3S. The van der Waals surface area contributed by atoms with Crippen LogP contribution in [0.4, 0.5) is 0 Å². The van der Waals surface area contributed by atoms with E-state index in [-0.39, 0.29) is 29.7 Å². The number of ether oxygens (including phenoxy) is 1. The van der Waals surface area contributed by atoms with E-state index >= 15 is 0 Å². The molecule has 0 radical (unpaired) electrons. The third-order valence-corrected chi connectivity index (χ3v) is 4.64. The van der Waals surface area contributed by atoms with Gasteiger partial charge >= 0.3 is 0 Å². The molecule has 0 saturated carbocycles. The van der Waals surface area contributed by atoms with Gasteiger partial charge in [0.25, 0.3) is 0 Å². The van der Waals surface area contributed by atoms with Gasteiger partial charge in [-0.1, -0.05) is 0 Å². The van der Waals surface area contributed by atoms with E-state index in [1.807, 2.05) is 0 Å². The van der Waals surface area contributed by atoms with E-state index in [4.69, 9.17) is 4.74 Å². The van der Waals surface area contributed by atoms with Gasteiger partial charge in [-0.15, -0.1) is 24.0 Å². The number of methoxy groups -OCH3 is 1. The quantitative estimate of drug-likeness (QED) is 0.268. The first kappa shape index (κ1) is 18.9. The van der Waals surface area contributed by atoms with Gasteiger partial charge in [0.2, 0.25) is 10.0 Å². The molecule has 7 nitrogen and oxygen atoms in total. The first-order valence-corrected chi connectivity index (χ1v) is 7.62. The Hall–Kier alpha value is -0.130. The standard InChI is InChI=1S/C10H22N4O3S.HI/c1-11-10(13-5-8-17-2)12-4-7-14-6-3-9-18(14,15)16;/h3-9H2,1-2H3,(H2,11,12,13);1H. The summed E-state index contributed by atoms with van der Waals surface area (Å²) in [5.41, 5.74) is 0. The van der Waals surface area contributed by atoms with E-state index < -0.39 is 10.0 Å². The summed E-state index contributed by atoms with van der Waals surface area (Å²) in [6, 6.07) is 0. The van der Waals surface area contributed by atoms with Gasteiger partial charge in [-0.3, -0.25) is 4.99 Å². The van der Waals surface area contributed by atoms with Gasteiger partial charge in [-0.05, 0) is 6.42 Å². The van der Waals surface area contributed by atoms with Gasteiger partial charge < -0.3 is 15.4 Å². The van der Waals surface area contributed by atoms with Crippen LogP contribution in [0.25, 0.3) is 0 Å². The van der Waals surface area contributed by atoms with Crippen LogP contribution in [-0.2, 0) is 14.8 Å². The van der Waals surface area contributed by atoms with E-state index in [9.17, 15) is 8.42 Å². The minimum Gasteiger partial charge on any atom is -0.383 e. The molecule has 9 heteroatoms. The number of hydrogen-bond donors (Lipinski definition) is 2. The molecule has 114 valence electrons. The lowest BCUT2D eigenvalue weighted by molar-refractivity contribution is 0.203. The lowest BCUT2D eigenvalue weighted by atomic mass is 10.5. The number of nitrogens with one attached hydrogen (secondary N) is 2. The molecule has 0 aromatic heterocycles. The first-order chi connectivity index (χ1) is 8.60. The first-order valence-electron chi connectivity index (χ1n) is 6.01. The number of halogens is 1. The van der Waals surface area contributed by atoms with Crippen LogP contribution >= 0.6 is 24.0 Å². The second-order valence-corrected chi connectivity index (χ2v) is 6.08. The van der Waals surface area contributed by atoms with E-state index in [2.05, 4.69) is 15.6 Å². The molecule has 0 spiro atoms. The van der Waals surface area contributed by atoms with Crippen LogP contribution in [-0.4, -0.2) is 71.4 Å². The highest BCUT2D eigenvalue weighted by Gasteiger charge is 2.27. The number of guanidine groups is 1. The van der Waals surface area contributed by atoms with Gasteiger partial charge in [-0.25, -0.2) is 12.7 Å². The third-order valence-electron chi connectivity index (χ3n) is 2.68. The molecule has 1 aliphatic rings. The van der Waals surface area contributed by atoms with Crippen molar-refractivity contribution in [3.63, 3.8) is 0 Å². The van der Waals surface area contributed by atoms with E-state index in [0.29, 0.717) is 38.7 Å². The SMILES string of the molecule is CN=C(NCCOC)NCCN1CCCS1(=O)=O.I. The molecule has 1 heterocycles. The van der Waals surface area contributed by atoms with Crippen molar-refractivity contribution in [3.8, 4) is 0 Å². The van der Waals surface area contributed by atoms with Gasteiger partial charge in [-0.2, -0.15) is 0 Å². The Morgan fingerprint density at radius 1 is 1.37 bits per heavy atom. The van der Waals surface area contributed by atoms with E-state index in [1.54, 1.807) is 14.2 Å². The summed E-state index contributed by atoms with van der Waals surface area (Å²) in [6.45, 7) is 2.91. The second kappa shape index (κ2) is 9.72. The lowest BCUT2D eigenvalue weighted by Gasteiger charge is -2.16. The maximum absolute atomic E-state index is 11.6. The van der Waals surface area contributed by atoms with Crippen LogP contribution in [0.1, 0.15) is 6.42 Å². The maximum atomic E-state index is 11.6. The molecule has 0 aromatic rings. The average molecular weight is 406 g/mol. The van der Waals surface area contributed by atoms with Crippen LogP contribution in [0.3, 0.4) is 0 Å². The molecule has 1 fully saturated rings. The minimum atomic E-state index is -3.00. The van der Waals surface area contributed by atoms with E-state index in [1.165, 1.54) is 4.31 Å². The molecule has 1 rings (SSSR count). The summed E-state index contributed by atoms with van der Waals surface area (Å²) in [6.07, 6.45) is 0.725. The van der Waals surface area contributed by atoms with Crippen molar-refractivity contribution in [3.05, 3.63) is 0 Å². The molecule has 0 bridgehead atoms. The summed E-state index contributed by atoms with van der Waals surface area (Å²) in [7, 11) is 0.311. The highest BCUT2D eigenvalue weighted by atomic mass is 127. The number of rotatable bonds is 6. The van der Waals surface area contributed by atoms with Crippen LogP contribution in [0.15, 0.2) is 4.99 Å².